The molecular weight excluding hydrogens is 532 g/mol. The van der Waals surface area contributed by atoms with Crippen LogP contribution in [0.15, 0.2) is 65.3 Å². The van der Waals surface area contributed by atoms with Gasteiger partial charge < -0.3 is 10.6 Å². The van der Waals surface area contributed by atoms with Gasteiger partial charge in [0, 0.05) is 53.7 Å². The van der Waals surface area contributed by atoms with Gasteiger partial charge in [-0.2, -0.15) is 4.98 Å². The Balaban J connectivity index is 1.38. The maximum absolute atomic E-state index is 13.8. The fraction of sp³-hybridized carbons (Fsp3) is 0.290. The summed E-state index contributed by atoms with van der Waals surface area (Å²) in [6.07, 6.45) is 9.10. The van der Waals surface area contributed by atoms with Crippen molar-refractivity contribution in [3.8, 4) is 22.5 Å². The van der Waals surface area contributed by atoms with Crippen molar-refractivity contribution in [2.75, 3.05) is 18.4 Å². The van der Waals surface area contributed by atoms with Gasteiger partial charge >= 0.3 is 0 Å². The molecule has 0 amide bonds. The van der Waals surface area contributed by atoms with Crippen molar-refractivity contribution in [1.29, 1.82) is 0 Å². The summed E-state index contributed by atoms with van der Waals surface area (Å²) < 4.78 is 1.60. The van der Waals surface area contributed by atoms with E-state index >= 15 is 0 Å². The van der Waals surface area contributed by atoms with Crippen molar-refractivity contribution >= 4 is 34.0 Å². The number of thiazole rings is 1. The molecule has 2 N–H and O–H groups in total. The molecule has 10 heteroatoms. The van der Waals surface area contributed by atoms with Crippen LogP contribution in [0.1, 0.15) is 49.4 Å². The second kappa shape index (κ2) is 12.0. The zero-order chi connectivity index (χ0) is 28.2. The summed E-state index contributed by atoms with van der Waals surface area (Å²) in [5.41, 5.74) is 4.11. The van der Waals surface area contributed by atoms with E-state index in [4.69, 9.17) is 4.98 Å². The minimum atomic E-state index is -0.239. The number of fused-ring (bicyclic) bond motifs is 1. The molecule has 9 nitrogen and oxygen atoms in total. The number of benzene rings is 1. The third-order valence-electron chi connectivity index (χ3n) is 6.97. The molecule has 1 saturated heterocycles. The summed E-state index contributed by atoms with van der Waals surface area (Å²) in [5.74, 6) is 7.22. The summed E-state index contributed by atoms with van der Waals surface area (Å²) in [7, 11) is 0. The maximum atomic E-state index is 13.8. The molecule has 5 aromatic rings. The number of anilines is 2. The molecule has 206 valence electrons. The molecule has 41 heavy (non-hydrogen) atoms. The SMILES string of the molecule is CC(C)C#Cc1cc2cnc(Nc3ccc(C4CCCNC4)cc3)nc2n(Cc2nccnc2-c2nccs2)c1=O. The smallest absolute Gasteiger partial charge is 0.268 e. The summed E-state index contributed by atoms with van der Waals surface area (Å²) in [4.78, 5) is 36.6. The molecule has 1 atom stereocenters. The van der Waals surface area contributed by atoms with Gasteiger partial charge in [0.25, 0.3) is 5.56 Å². The number of rotatable bonds is 6. The molecular formula is C31H30N8OS. The van der Waals surface area contributed by atoms with Crippen LogP contribution in [-0.2, 0) is 6.54 Å². The van der Waals surface area contributed by atoms with Gasteiger partial charge in [-0.1, -0.05) is 37.8 Å². The summed E-state index contributed by atoms with van der Waals surface area (Å²) >= 11 is 1.47. The fourth-order valence-corrected chi connectivity index (χ4v) is 5.59. The van der Waals surface area contributed by atoms with Crippen LogP contribution in [0.5, 0.6) is 0 Å². The zero-order valence-electron chi connectivity index (χ0n) is 23.0. The molecule has 1 aliphatic rings. The number of hydrogen-bond donors (Lipinski definition) is 2. The number of piperidine rings is 1. The molecule has 0 saturated carbocycles. The normalized spacial score (nSPS) is 15.0. The molecule has 0 bridgehead atoms. The lowest BCUT2D eigenvalue weighted by Gasteiger charge is -2.23. The first-order valence-electron chi connectivity index (χ1n) is 13.7. The largest absolute Gasteiger partial charge is 0.324 e. The van der Waals surface area contributed by atoms with Gasteiger partial charge in [0.1, 0.15) is 16.3 Å². The highest BCUT2D eigenvalue weighted by Crippen LogP contribution is 2.26. The topological polar surface area (TPSA) is 111 Å². The molecule has 1 aromatic carbocycles. The molecule has 1 aliphatic heterocycles. The van der Waals surface area contributed by atoms with Gasteiger partial charge in [-0.15, -0.1) is 11.3 Å². The molecule has 1 unspecified atom stereocenters. The Bertz CT molecular complexity index is 1780. The summed E-state index contributed by atoms with van der Waals surface area (Å²) in [6.45, 7) is 6.25. The van der Waals surface area contributed by atoms with Crippen LogP contribution < -0.4 is 16.2 Å². The van der Waals surface area contributed by atoms with Crippen LogP contribution in [0.2, 0.25) is 0 Å². The van der Waals surface area contributed by atoms with Crippen molar-refractivity contribution in [3.05, 3.63) is 87.7 Å². The van der Waals surface area contributed by atoms with Crippen molar-refractivity contribution in [3.63, 3.8) is 0 Å². The molecule has 5 heterocycles. The number of nitrogens with zero attached hydrogens (tertiary/aromatic N) is 6. The van der Waals surface area contributed by atoms with Crippen LogP contribution in [0.4, 0.5) is 11.6 Å². The Morgan fingerprint density at radius 3 is 2.73 bits per heavy atom. The number of hydrogen-bond acceptors (Lipinski definition) is 9. The number of aromatic nitrogens is 6. The highest BCUT2D eigenvalue weighted by Gasteiger charge is 2.17. The van der Waals surface area contributed by atoms with Gasteiger partial charge in [-0.25, -0.2) is 9.97 Å². The second-order valence-corrected chi connectivity index (χ2v) is 11.2. The lowest BCUT2D eigenvalue weighted by molar-refractivity contribution is 0.461. The van der Waals surface area contributed by atoms with E-state index in [1.807, 2.05) is 19.2 Å². The minimum absolute atomic E-state index is 0.124. The van der Waals surface area contributed by atoms with E-state index in [-0.39, 0.29) is 18.0 Å². The van der Waals surface area contributed by atoms with E-state index in [0.29, 0.717) is 39.9 Å². The van der Waals surface area contributed by atoms with Gasteiger partial charge in [-0.05, 0) is 49.1 Å². The molecule has 0 aliphatic carbocycles. The predicted molar refractivity (Wildman–Crippen MR) is 162 cm³/mol. The van der Waals surface area contributed by atoms with E-state index in [1.165, 1.54) is 29.7 Å². The van der Waals surface area contributed by atoms with Gasteiger partial charge in [0.15, 0.2) is 0 Å². The maximum Gasteiger partial charge on any atom is 0.268 e. The third kappa shape index (κ3) is 6.01. The van der Waals surface area contributed by atoms with E-state index < -0.39 is 0 Å². The van der Waals surface area contributed by atoms with Crippen LogP contribution in [0.25, 0.3) is 21.7 Å². The first-order valence-corrected chi connectivity index (χ1v) is 14.6. The quantitative estimate of drug-likeness (QED) is 0.279. The van der Waals surface area contributed by atoms with Crippen molar-refractivity contribution in [1.82, 2.24) is 34.8 Å². The fourth-order valence-electron chi connectivity index (χ4n) is 4.93. The Morgan fingerprint density at radius 1 is 1.12 bits per heavy atom. The van der Waals surface area contributed by atoms with E-state index in [2.05, 4.69) is 66.7 Å². The minimum Gasteiger partial charge on any atom is -0.324 e. The Labute approximate surface area is 242 Å². The monoisotopic (exact) mass is 562 g/mol. The van der Waals surface area contributed by atoms with E-state index in [9.17, 15) is 4.79 Å². The van der Waals surface area contributed by atoms with Gasteiger partial charge in [0.05, 0.1) is 17.8 Å². The van der Waals surface area contributed by atoms with Crippen LogP contribution in [0, 0.1) is 17.8 Å². The van der Waals surface area contributed by atoms with Crippen LogP contribution in [-0.4, -0.2) is 42.6 Å². The highest BCUT2D eigenvalue weighted by atomic mass is 32.1. The average molecular weight is 563 g/mol. The first-order chi connectivity index (χ1) is 20.0. The van der Waals surface area contributed by atoms with E-state index in [0.717, 1.165) is 23.8 Å². The van der Waals surface area contributed by atoms with Crippen molar-refractivity contribution in [2.24, 2.45) is 5.92 Å². The zero-order valence-corrected chi connectivity index (χ0v) is 23.8. The van der Waals surface area contributed by atoms with Crippen LogP contribution in [0.3, 0.4) is 0 Å². The predicted octanol–water partition coefficient (Wildman–Crippen LogP) is 4.97. The van der Waals surface area contributed by atoms with Gasteiger partial charge in [0.2, 0.25) is 5.95 Å². The van der Waals surface area contributed by atoms with Crippen molar-refractivity contribution < 1.29 is 0 Å². The lowest BCUT2D eigenvalue weighted by atomic mass is 9.92. The third-order valence-corrected chi connectivity index (χ3v) is 7.75. The molecule has 1 fully saturated rings. The lowest BCUT2D eigenvalue weighted by Crippen LogP contribution is -2.28. The standard InChI is InChI=1S/C31H30N8OS/c1-20(2)5-6-22-16-24-18-36-31(37-25-9-7-21(8-10-25)23-4-3-11-32-17-23)38-28(24)39(30(22)40)19-26-27(34-13-12-33-26)29-35-14-15-41-29/h7-10,12-16,18,20,23,32H,3-4,11,17,19H2,1-2H3,(H,36,37,38). The Morgan fingerprint density at radius 2 is 1.98 bits per heavy atom. The van der Waals surface area contributed by atoms with Crippen LogP contribution >= 0.6 is 11.3 Å². The first kappa shape index (κ1) is 26.7. The Kier molecular flexibility index (Phi) is 7.80. The Hall–Kier alpha value is -4.46. The average Bonchev–Trinajstić information content (AvgIpc) is 3.54. The molecule has 0 radical (unpaired) electrons. The second-order valence-electron chi connectivity index (χ2n) is 10.3. The summed E-state index contributed by atoms with van der Waals surface area (Å²) in [6, 6.07) is 10.2. The number of pyridine rings is 1. The van der Waals surface area contributed by atoms with E-state index in [1.54, 1.807) is 35.4 Å². The van der Waals surface area contributed by atoms with Crippen molar-refractivity contribution in [2.45, 2.75) is 39.2 Å². The van der Waals surface area contributed by atoms with Gasteiger partial charge in [-0.3, -0.25) is 19.3 Å². The number of nitrogens with one attached hydrogen (secondary N) is 2. The molecule has 4 aromatic heterocycles. The molecule has 0 spiro atoms. The highest BCUT2D eigenvalue weighted by molar-refractivity contribution is 7.13. The summed E-state index contributed by atoms with van der Waals surface area (Å²) in [5, 5.41) is 10.1. The molecule has 6 rings (SSSR count).